The van der Waals surface area contributed by atoms with Crippen LogP contribution in [0.3, 0.4) is 0 Å². The minimum Gasteiger partial charge on any atom is -0.481 e. The van der Waals surface area contributed by atoms with Gasteiger partial charge in [0, 0.05) is 35.8 Å². The van der Waals surface area contributed by atoms with Crippen LogP contribution >= 0.6 is 0 Å². The van der Waals surface area contributed by atoms with Gasteiger partial charge in [-0.05, 0) is 32.4 Å². The lowest BCUT2D eigenvalue weighted by atomic mass is 9.80. The number of pyridine rings is 1. The molecule has 0 aromatic carbocycles. The van der Waals surface area contributed by atoms with Crippen LogP contribution in [-0.2, 0) is 4.74 Å². The zero-order valence-electron chi connectivity index (χ0n) is 12.8. The third kappa shape index (κ3) is 2.68. The number of Topliss-reactive ketones (excluding diaryl/α,β-unsaturated/α-hetero) is 1. The Morgan fingerprint density at radius 3 is 2.62 bits per heavy atom. The number of ether oxygens (including phenoxy) is 2. The van der Waals surface area contributed by atoms with Gasteiger partial charge in [0.15, 0.2) is 5.78 Å². The smallest absolute Gasteiger partial charge is 0.213 e. The summed E-state index contributed by atoms with van der Waals surface area (Å²) in [7, 11) is 3.72. The predicted molar refractivity (Wildman–Crippen MR) is 78.7 cm³/mol. The fraction of sp³-hybridized carbons (Fsp3) is 0.625. The van der Waals surface area contributed by atoms with Crippen molar-refractivity contribution in [3.8, 4) is 5.88 Å². The van der Waals surface area contributed by atoms with E-state index in [-0.39, 0.29) is 11.7 Å². The molecule has 2 aliphatic heterocycles. The third-order valence-corrected chi connectivity index (χ3v) is 4.82. The second-order valence-electron chi connectivity index (χ2n) is 6.08. The Bertz CT molecular complexity index is 532. The Morgan fingerprint density at radius 2 is 2.05 bits per heavy atom. The van der Waals surface area contributed by atoms with Crippen LogP contribution in [0.25, 0.3) is 0 Å². The summed E-state index contributed by atoms with van der Waals surface area (Å²) >= 11 is 0. The SMILES string of the molecule is COc1cc(C)c(C(=O)C2CC3COCC(C2)N3C)cn1. The van der Waals surface area contributed by atoms with Gasteiger partial charge in [0.25, 0.3) is 0 Å². The van der Waals surface area contributed by atoms with E-state index in [2.05, 4.69) is 16.9 Å². The summed E-state index contributed by atoms with van der Waals surface area (Å²) < 4.78 is 10.7. The van der Waals surface area contributed by atoms with Gasteiger partial charge >= 0.3 is 0 Å². The number of piperidine rings is 1. The van der Waals surface area contributed by atoms with E-state index in [0.29, 0.717) is 18.0 Å². The summed E-state index contributed by atoms with van der Waals surface area (Å²) in [5, 5.41) is 0. The summed E-state index contributed by atoms with van der Waals surface area (Å²) in [6, 6.07) is 2.54. The molecule has 5 nitrogen and oxygen atoms in total. The van der Waals surface area contributed by atoms with Crippen LogP contribution in [0, 0.1) is 12.8 Å². The number of fused-ring (bicyclic) bond motifs is 2. The van der Waals surface area contributed by atoms with Crippen LogP contribution in [0.2, 0.25) is 0 Å². The van der Waals surface area contributed by atoms with Crippen molar-refractivity contribution in [2.75, 3.05) is 27.4 Å². The summed E-state index contributed by atoms with van der Waals surface area (Å²) in [5.74, 6) is 0.847. The summed E-state index contributed by atoms with van der Waals surface area (Å²) in [6.07, 6.45) is 3.40. The van der Waals surface area contributed by atoms with E-state index in [9.17, 15) is 4.79 Å². The molecule has 0 saturated carbocycles. The molecule has 3 rings (SSSR count). The number of likely N-dealkylation sites (N-methyl/N-ethyl adjacent to an activating group) is 1. The number of carbonyl (C=O) groups is 1. The van der Waals surface area contributed by atoms with E-state index < -0.39 is 0 Å². The molecule has 21 heavy (non-hydrogen) atoms. The molecule has 1 aromatic heterocycles. The molecule has 114 valence electrons. The van der Waals surface area contributed by atoms with Crippen molar-refractivity contribution in [3.05, 3.63) is 23.4 Å². The summed E-state index contributed by atoms with van der Waals surface area (Å²) in [6.45, 7) is 3.41. The first-order valence-electron chi connectivity index (χ1n) is 7.44. The lowest BCUT2D eigenvalue weighted by molar-refractivity contribution is -0.0702. The molecule has 2 unspecified atom stereocenters. The minimum absolute atomic E-state index is 0.0778. The second kappa shape index (κ2) is 5.73. The molecule has 2 saturated heterocycles. The molecule has 0 spiro atoms. The lowest BCUT2D eigenvalue weighted by Crippen LogP contribution is -2.55. The van der Waals surface area contributed by atoms with Crippen LogP contribution in [-0.4, -0.2) is 55.1 Å². The Morgan fingerprint density at radius 1 is 1.38 bits per heavy atom. The second-order valence-corrected chi connectivity index (χ2v) is 6.08. The Balaban J connectivity index is 1.79. The van der Waals surface area contributed by atoms with E-state index in [1.165, 1.54) is 0 Å². The molecule has 0 amide bonds. The lowest BCUT2D eigenvalue weighted by Gasteiger charge is -2.46. The summed E-state index contributed by atoms with van der Waals surface area (Å²) in [4.78, 5) is 19.4. The van der Waals surface area contributed by atoms with Crippen molar-refractivity contribution >= 4 is 5.78 Å². The van der Waals surface area contributed by atoms with Gasteiger partial charge in [0.2, 0.25) is 5.88 Å². The average Bonchev–Trinajstić information content (AvgIpc) is 2.46. The van der Waals surface area contributed by atoms with E-state index in [0.717, 1.165) is 37.2 Å². The van der Waals surface area contributed by atoms with Crippen molar-refractivity contribution in [2.24, 2.45) is 5.92 Å². The molecule has 3 heterocycles. The Labute approximate surface area is 125 Å². The maximum absolute atomic E-state index is 12.8. The number of carbonyl (C=O) groups excluding carboxylic acids is 1. The predicted octanol–water partition coefficient (Wildman–Crippen LogP) is 1.69. The maximum atomic E-state index is 12.8. The molecule has 2 aliphatic rings. The first-order valence-corrected chi connectivity index (χ1v) is 7.44. The van der Waals surface area contributed by atoms with Gasteiger partial charge in [0.05, 0.1) is 20.3 Å². The van der Waals surface area contributed by atoms with Gasteiger partial charge in [0.1, 0.15) is 0 Å². The third-order valence-electron chi connectivity index (χ3n) is 4.82. The number of ketones is 1. The largest absolute Gasteiger partial charge is 0.481 e. The normalized spacial score (nSPS) is 29.2. The molecule has 0 aliphatic carbocycles. The standard InChI is InChI=1S/C16H22N2O3/c1-10-4-15(20-3)17-7-14(10)16(19)11-5-12-8-21-9-13(6-11)18(12)2/h4,7,11-13H,5-6,8-9H2,1-3H3. The number of morpholine rings is 1. The zero-order valence-corrected chi connectivity index (χ0v) is 12.8. The molecule has 0 N–H and O–H groups in total. The van der Waals surface area contributed by atoms with Crippen molar-refractivity contribution < 1.29 is 14.3 Å². The van der Waals surface area contributed by atoms with E-state index in [1.807, 2.05) is 13.0 Å². The summed E-state index contributed by atoms with van der Waals surface area (Å²) in [5.41, 5.74) is 1.66. The minimum atomic E-state index is 0.0778. The first kappa shape index (κ1) is 14.5. The number of hydrogen-bond acceptors (Lipinski definition) is 5. The van der Waals surface area contributed by atoms with Gasteiger partial charge in [-0.2, -0.15) is 0 Å². The van der Waals surface area contributed by atoms with Crippen LogP contribution in [0.1, 0.15) is 28.8 Å². The number of aromatic nitrogens is 1. The van der Waals surface area contributed by atoms with Gasteiger partial charge in [-0.1, -0.05) is 0 Å². The van der Waals surface area contributed by atoms with E-state index >= 15 is 0 Å². The topological polar surface area (TPSA) is 51.7 Å². The van der Waals surface area contributed by atoms with Gasteiger partial charge in [-0.15, -0.1) is 0 Å². The zero-order chi connectivity index (χ0) is 15.0. The van der Waals surface area contributed by atoms with E-state index in [1.54, 1.807) is 13.3 Å². The van der Waals surface area contributed by atoms with Crippen LogP contribution in [0.5, 0.6) is 5.88 Å². The van der Waals surface area contributed by atoms with Crippen molar-refractivity contribution in [2.45, 2.75) is 31.8 Å². The average molecular weight is 290 g/mol. The Hall–Kier alpha value is -1.46. The van der Waals surface area contributed by atoms with E-state index in [4.69, 9.17) is 9.47 Å². The van der Waals surface area contributed by atoms with Crippen molar-refractivity contribution in [1.82, 2.24) is 9.88 Å². The van der Waals surface area contributed by atoms with Gasteiger partial charge in [-0.25, -0.2) is 4.98 Å². The fourth-order valence-electron chi connectivity index (χ4n) is 3.43. The van der Waals surface area contributed by atoms with Crippen LogP contribution < -0.4 is 4.74 Å². The molecular weight excluding hydrogens is 268 g/mol. The van der Waals surface area contributed by atoms with Gasteiger partial charge in [-0.3, -0.25) is 9.69 Å². The Kier molecular flexibility index (Phi) is 3.95. The first-order chi connectivity index (χ1) is 10.1. The highest BCUT2D eigenvalue weighted by atomic mass is 16.5. The number of rotatable bonds is 3. The molecule has 5 heteroatoms. The fourth-order valence-corrected chi connectivity index (χ4v) is 3.43. The molecule has 2 atom stereocenters. The molecule has 1 aromatic rings. The molecular formula is C16H22N2O3. The monoisotopic (exact) mass is 290 g/mol. The molecule has 0 radical (unpaired) electrons. The van der Waals surface area contributed by atoms with Crippen molar-refractivity contribution in [1.29, 1.82) is 0 Å². The number of methoxy groups -OCH3 is 1. The van der Waals surface area contributed by atoms with Crippen LogP contribution in [0.4, 0.5) is 0 Å². The highest BCUT2D eigenvalue weighted by molar-refractivity contribution is 5.99. The highest BCUT2D eigenvalue weighted by Crippen LogP contribution is 2.33. The maximum Gasteiger partial charge on any atom is 0.213 e. The van der Waals surface area contributed by atoms with Gasteiger partial charge < -0.3 is 9.47 Å². The molecule has 2 bridgehead atoms. The van der Waals surface area contributed by atoms with Crippen LogP contribution in [0.15, 0.2) is 12.3 Å². The molecule has 2 fully saturated rings. The highest BCUT2D eigenvalue weighted by Gasteiger charge is 2.39. The number of hydrogen-bond donors (Lipinski definition) is 0. The quantitative estimate of drug-likeness (QED) is 0.793. The van der Waals surface area contributed by atoms with Crippen molar-refractivity contribution in [3.63, 3.8) is 0 Å². The number of nitrogens with zero attached hydrogens (tertiary/aromatic N) is 2. The number of aryl methyl sites for hydroxylation is 1.